The molecule has 0 aliphatic heterocycles. The van der Waals surface area contributed by atoms with Crippen molar-refractivity contribution in [3.63, 3.8) is 0 Å². The SMILES string of the molecule is O=S(=O)(Nc1ccc(F)cc1)c1cc(CNC2CC2)cs1. The van der Waals surface area contributed by atoms with E-state index in [1.165, 1.54) is 48.4 Å². The summed E-state index contributed by atoms with van der Waals surface area (Å²) in [7, 11) is -3.61. The van der Waals surface area contributed by atoms with Gasteiger partial charge in [-0.3, -0.25) is 4.72 Å². The molecule has 0 atom stereocenters. The molecule has 7 heteroatoms. The normalized spacial score (nSPS) is 15.1. The summed E-state index contributed by atoms with van der Waals surface area (Å²) in [5.74, 6) is -0.400. The molecule has 3 rings (SSSR count). The summed E-state index contributed by atoms with van der Waals surface area (Å²) < 4.78 is 40.0. The number of hydrogen-bond acceptors (Lipinski definition) is 4. The molecule has 0 amide bonds. The molecule has 0 bridgehead atoms. The van der Waals surface area contributed by atoms with E-state index in [9.17, 15) is 12.8 Å². The van der Waals surface area contributed by atoms with Crippen molar-refractivity contribution in [3.8, 4) is 0 Å². The minimum Gasteiger partial charge on any atom is -0.310 e. The highest BCUT2D eigenvalue weighted by Gasteiger charge is 2.21. The zero-order valence-corrected chi connectivity index (χ0v) is 12.8. The molecule has 4 nitrogen and oxygen atoms in total. The lowest BCUT2D eigenvalue weighted by Crippen LogP contribution is -2.15. The van der Waals surface area contributed by atoms with E-state index in [0.717, 1.165) is 5.56 Å². The number of rotatable bonds is 6. The largest absolute Gasteiger partial charge is 0.310 e. The Morgan fingerprint density at radius 3 is 2.62 bits per heavy atom. The van der Waals surface area contributed by atoms with Gasteiger partial charge in [0.2, 0.25) is 0 Å². The van der Waals surface area contributed by atoms with Crippen molar-refractivity contribution in [1.82, 2.24) is 5.32 Å². The predicted octanol–water partition coefficient (Wildman–Crippen LogP) is 2.94. The number of sulfonamides is 1. The third-order valence-corrected chi connectivity index (χ3v) is 6.03. The van der Waals surface area contributed by atoms with E-state index in [0.29, 0.717) is 18.3 Å². The van der Waals surface area contributed by atoms with Crippen LogP contribution in [-0.4, -0.2) is 14.5 Å². The van der Waals surface area contributed by atoms with Crippen LogP contribution in [0.1, 0.15) is 18.4 Å². The van der Waals surface area contributed by atoms with E-state index in [-0.39, 0.29) is 4.21 Å². The average Bonchev–Trinajstić information content (AvgIpc) is 3.15. The van der Waals surface area contributed by atoms with Gasteiger partial charge in [0.15, 0.2) is 0 Å². The van der Waals surface area contributed by atoms with Crippen molar-refractivity contribution in [2.45, 2.75) is 29.6 Å². The lowest BCUT2D eigenvalue weighted by atomic mass is 10.3. The molecule has 1 aliphatic carbocycles. The van der Waals surface area contributed by atoms with Crippen molar-refractivity contribution in [3.05, 3.63) is 47.1 Å². The van der Waals surface area contributed by atoms with Gasteiger partial charge in [-0.25, -0.2) is 12.8 Å². The van der Waals surface area contributed by atoms with Gasteiger partial charge < -0.3 is 5.32 Å². The molecule has 2 aromatic rings. The highest BCUT2D eigenvalue weighted by Crippen LogP contribution is 2.24. The average molecular weight is 326 g/mol. The maximum absolute atomic E-state index is 12.8. The molecule has 21 heavy (non-hydrogen) atoms. The van der Waals surface area contributed by atoms with Crippen LogP contribution in [0.3, 0.4) is 0 Å². The van der Waals surface area contributed by atoms with Gasteiger partial charge in [-0.2, -0.15) is 0 Å². The van der Waals surface area contributed by atoms with Crippen LogP contribution >= 0.6 is 11.3 Å². The molecular weight excluding hydrogens is 311 g/mol. The van der Waals surface area contributed by atoms with E-state index >= 15 is 0 Å². The fourth-order valence-corrected chi connectivity index (χ4v) is 4.13. The third-order valence-electron chi connectivity index (χ3n) is 3.16. The van der Waals surface area contributed by atoms with Crippen LogP contribution in [0.5, 0.6) is 0 Å². The fourth-order valence-electron chi connectivity index (χ4n) is 1.86. The molecule has 1 saturated carbocycles. The first kappa shape index (κ1) is 14.5. The van der Waals surface area contributed by atoms with Crippen LogP contribution in [0.15, 0.2) is 39.9 Å². The van der Waals surface area contributed by atoms with Crippen LogP contribution in [-0.2, 0) is 16.6 Å². The van der Waals surface area contributed by atoms with Crippen molar-refractivity contribution in [2.75, 3.05) is 4.72 Å². The molecule has 1 aromatic carbocycles. The molecule has 1 fully saturated rings. The summed E-state index contributed by atoms with van der Waals surface area (Å²) in [4.78, 5) is 0. The number of hydrogen-bond donors (Lipinski definition) is 2. The number of benzene rings is 1. The molecule has 0 saturated heterocycles. The molecule has 1 aliphatic rings. The zero-order chi connectivity index (χ0) is 14.9. The minimum atomic E-state index is -3.61. The van der Waals surface area contributed by atoms with Gasteiger partial charge in [0.25, 0.3) is 10.0 Å². The van der Waals surface area contributed by atoms with E-state index < -0.39 is 15.8 Å². The van der Waals surface area contributed by atoms with Gasteiger partial charge in [-0.1, -0.05) is 0 Å². The molecule has 0 spiro atoms. The van der Waals surface area contributed by atoms with Gasteiger partial charge in [-0.15, -0.1) is 11.3 Å². The second-order valence-corrected chi connectivity index (χ2v) is 7.86. The first-order chi connectivity index (χ1) is 10.0. The Bertz CT molecular complexity index is 722. The molecule has 0 radical (unpaired) electrons. The molecule has 112 valence electrons. The van der Waals surface area contributed by atoms with Crippen LogP contribution < -0.4 is 10.0 Å². The van der Waals surface area contributed by atoms with Crippen molar-refractivity contribution < 1.29 is 12.8 Å². The van der Waals surface area contributed by atoms with E-state index in [4.69, 9.17) is 0 Å². The Morgan fingerprint density at radius 2 is 1.95 bits per heavy atom. The Morgan fingerprint density at radius 1 is 1.24 bits per heavy atom. The zero-order valence-electron chi connectivity index (χ0n) is 11.2. The first-order valence-electron chi connectivity index (χ1n) is 6.62. The maximum atomic E-state index is 12.8. The second kappa shape index (κ2) is 5.75. The maximum Gasteiger partial charge on any atom is 0.271 e. The molecule has 0 unspecified atom stereocenters. The summed E-state index contributed by atoms with van der Waals surface area (Å²) in [6.45, 7) is 0.688. The van der Waals surface area contributed by atoms with Crippen molar-refractivity contribution in [2.24, 2.45) is 0 Å². The number of nitrogens with one attached hydrogen (secondary N) is 2. The second-order valence-electron chi connectivity index (χ2n) is 5.04. The van der Waals surface area contributed by atoms with E-state index in [1.807, 2.05) is 5.38 Å². The van der Waals surface area contributed by atoms with Gasteiger partial charge in [0.05, 0.1) is 0 Å². The number of thiophene rings is 1. The topological polar surface area (TPSA) is 58.2 Å². The summed E-state index contributed by atoms with van der Waals surface area (Å²) in [5.41, 5.74) is 1.31. The first-order valence-corrected chi connectivity index (χ1v) is 8.98. The number of halogens is 1. The highest BCUT2D eigenvalue weighted by atomic mass is 32.2. The third kappa shape index (κ3) is 3.81. The van der Waals surface area contributed by atoms with Crippen molar-refractivity contribution in [1.29, 1.82) is 0 Å². The number of anilines is 1. The Kier molecular flexibility index (Phi) is 3.97. The monoisotopic (exact) mass is 326 g/mol. The van der Waals surface area contributed by atoms with Gasteiger partial charge in [0.1, 0.15) is 10.0 Å². The van der Waals surface area contributed by atoms with Crippen molar-refractivity contribution >= 4 is 27.0 Å². The highest BCUT2D eigenvalue weighted by molar-refractivity contribution is 7.94. The molecule has 1 aromatic heterocycles. The molecule has 1 heterocycles. The fraction of sp³-hybridized carbons (Fsp3) is 0.286. The van der Waals surface area contributed by atoms with Crippen LogP contribution in [0.25, 0.3) is 0 Å². The van der Waals surface area contributed by atoms with Crippen LogP contribution in [0, 0.1) is 5.82 Å². The van der Waals surface area contributed by atoms with Gasteiger partial charge in [0, 0.05) is 18.3 Å². The Labute approximate surface area is 127 Å². The smallest absolute Gasteiger partial charge is 0.271 e. The predicted molar refractivity (Wildman–Crippen MR) is 81.4 cm³/mol. The van der Waals surface area contributed by atoms with E-state index in [2.05, 4.69) is 10.0 Å². The summed E-state index contributed by atoms with van der Waals surface area (Å²) in [6.07, 6.45) is 2.39. The lowest BCUT2D eigenvalue weighted by Gasteiger charge is -2.05. The summed E-state index contributed by atoms with van der Waals surface area (Å²) in [6, 6.07) is 7.49. The van der Waals surface area contributed by atoms with Gasteiger partial charge in [-0.05, 0) is 54.1 Å². The lowest BCUT2D eigenvalue weighted by molar-refractivity contribution is 0.602. The van der Waals surface area contributed by atoms with E-state index in [1.54, 1.807) is 6.07 Å². The quantitative estimate of drug-likeness (QED) is 0.858. The Balaban J connectivity index is 1.69. The minimum absolute atomic E-state index is 0.263. The molecular formula is C14H15FN2O2S2. The van der Waals surface area contributed by atoms with Crippen LogP contribution in [0.2, 0.25) is 0 Å². The standard InChI is InChI=1S/C14H15FN2O2S2/c15-11-1-3-13(4-2-11)17-21(18,19)14-7-10(9-20-14)8-16-12-5-6-12/h1-4,7,9,12,16-17H,5-6,8H2. The molecule has 2 N–H and O–H groups in total. The Hall–Kier alpha value is -1.44. The van der Waals surface area contributed by atoms with Gasteiger partial charge >= 0.3 is 0 Å². The summed E-state index contributed by atoms with van der Waals surface area (Å²) in [5, 5.41) is 5.19. The summed E-state index contributed by atoms with van der Waals surface area (Å²) >= 11 is 1.19. The van der Waals surface area contributed by atoms with Crippen LogP contribution in [0.4, 0.5) is 10.1 Å².